The summed E-state index contributed by atoms with van der Waals surface area (Å²) in [6.07, 6.45) is 0. The number of hydrogen-bond donors (Lipinski definition) is 1. The molecule has 104 valence electrons. The fourth-order valence-electron chi connectivity index (χ4n) is 2.31. The summed E-state index contributed by atoms with van der Waals surface area (Å²) < 4.78 is 5.22. The number of nitrogens with zero attached hydrogens (tertiary/aromatic N) is 2. The van der Waals surface area contributed by atoms with Crippen molar-refractivity contribution >= 4 is 5.91 Å². The van der Waals surface area contributed by atoms with E-state index in [1.807, 2.05) is 17.0 Å². The number of nitrogens with two attached hydrogens (primary N) is 1. The molecule has 5 heteroatoms. The second kappa shape index (κ2) is 6.54. The Labute approximate surface area is 113 Å². The lowest BCUT2D eigenvalue weighted by Crippen LogP contribution is -2.49. The van der Waals surface area contributed by atoms with Crippen LogP contribution >= 0.6 is 0 Å². The molecule has 1 aromatic carbocycles. The van der Waals surface area contributed by atoms with E-state index < -0.39 is 0 Å². The van der Waals surface area contributed by atoms with E-state index >= 15 is 0 Å². The maximum absolute atomic E-state index is 11.5. The molecule has 0 spiro atoms. The minimum absolute atomic E-state index is 0.0426. The van der Waals surface area contributed by atoms with Crippen molar-refractivity contribution in [1.82, 2.24) is 9.80 Å². The largest absolute Gasteiger partial charge is 0.497 e. The Kier molecular flexibility index (Phi) is 4.76. The second-order valence-electron chi connectivity index (χ2n) is 4.71. The second-order valence-corrected chi connectivity index (χ2v) is 4.71. The lowest BCUT2D eigenvalue weighted by Gasteiger charge is -2.34. The Hall–Kier alpha value is -1.59. The molecule has 2 N–H and O–H groups in total. The lowest BCUT2D eigenvalue weighted by molar-refractivity contribution is -0.131. The van der Waals surface area contributed by atoms with Gasteiger partial charge in [0.05, 0.1) is 13.7 Å². The van der Waals surface area contributed by atoms with Crippen LogP contribution in [0.15, 0.2) is 24.3 Å². The standard InChI is InChI=1S/C14H21N3O2/c1-19-13-4-2-3-12(9-13)11-16-5-7-17(8-6-16)14(18)10-15/h2-4,9H,5-8,10-11,15H2,1H3. The normalized spacial score (nSPS) is 16.4. The van der Waals surface area contributed by atoms with Gasteiger partial charge in [0.25, 0.3) is 0 Å². The minimum atomic E-state index is 0.0426. The van der Waals surface area contributed by atoms with Gasteiger partial charge in [0.1, 0.15) is 5.75 Å². The smallest absolute Gasteiger partial charge is 0.236 e. The predicted molar refractivity (Wildman–Crippen MR) is 73.9 cm³/mol. The average molecular weight is 263 g/mol. The molecule has 19 heavy (non-hydrogen) atoms. The third kappa shape index (κ3) is 3.68. The molecule has 0 bridgehead atoms. The fraction of sp³-hybridized carbons (Fsp3) is 0.500. The first-order valence-electron chi connectivity index (χ1n) is 6.56. The first-order valence-corrected chi connectivity index (χ1v) is 6.56. The van der Waals surface area contributed by atoms with Gasteiger partial charge < -0.3 is 15.4 Å². The quantitative estimate of drug-likeness (QED) is 0.849. The summed E-state index contributed by atoms with van der Waals surface area (Å²) in [5, 5.41) is 0. The van der Waals surface area contributed by atoms with E-state index in [2.05, 4.69) is 17.0 Å². The Morgan fingerprint density at radius 3 is 2.68 bits per heavy atom. The Bertz CT molecular complexity index is 428. The summed E-state index contributed by atoms with van der Waals surface area (Å²) in [5.74, 6) is 0.926. The number of hydrogen-bond acceptors (Lipinski definition) is 4. The van der Waals surface area contributed by atoms with Crippen molar-refractivity contribution in [3.05, 3.63) is 29.8 Å². The molecular weight excluding hydrogens is 242 g/mol. The zero-order valence-corrected chi connectivity index (χ0v) is 11.3. The molecule has 0 aliphatic carbocycles. The summed E-state index contributed by atoms with van der Waals surface area (Å²) in [4.78, 5) is 15.7. The molecule has 1 heterocycles. The van der Waals surface area contributed by atoms with Gasteiger partial charge in [0.2, 0.25) is 5.91 Å². The van der Waals surface area contributed by atoms with Gasteiger partial charge in [-0.05, 0) is 17.7 Å². The molecule has 1 fully saturated rings. The Morgan fingerprint density at radius 2 is 2.05 bits per heavy atom. The van der Waals surface area contributed by atoms with Gasteiger partial charge in [0, 0.05) is 32.7 Å². The van der Waals surface area contributed by atoms with Crippen LogP contribution in [0.5, 0.6) is 5.75 Å². The van der Waals surface area contributed by atoms with Crippen LogP contribution < -0.4 is 10.5 Å². The van der Waals surface area contributed by atoms with Gasteiger partial charge in [0.15, 0.2) is 0 Å². The summed E-state index contributed by atoms with van der Waals surface area (Å²) in [5.41, 5.74) is 6.61. The summed E-state index contributed by atoms with van der Waals surface area (Å²) in [7, 11) is 1.68. The maximum atomic E-state index is 11.5. The molecule has 5 nitrogen and oxygen atoms in total. The fourth-order valence-corrected chi connectivity index (χ4v) is 2.31. The van der Waals surface area contributed by atoms with Gasteiger partial charge in [-0.2, -0.15) is 0 Å². The van der Waals surface area contributed by atoms with E-state index in [1.54, 1.807) is 7.11 Å². The molecule has 0 atom stereocenters. The highest BCUT2D eigenvalue weighted by Gasteiger charge is 2.19. The van der Waals surface area contributed by atoms with E-state index in [4.69, 9.17) is 10.5 Å². The Balaban J connectivity index is 1.86. The summed E-state index contributed by atoms with van der Waals surface area (Å²) in [6.45, 7) is 4.31. The number of amides is 1. The van der Waals surface area contributed by atoms with Crippen LogP contribution in [0.4, 0.5) is 0 Å². The predicted octanol–water partition coefficient (Wildman–Crippen LogP) is 0.298. The topological polar surface area (TPSA) is 58.8 Å². The van der Waals surface area contributed by atoms with Crippen LogP contribution in [-0.2, 0) is 11.3 Å². The van der Waals surface area contributed by atoms with E-state index in [-0.39, 0.29) is 12.5 Å². The number of piperazine rings is 1. The molecule has 0 saturated carbocycles. The monoisotopic (exact) mass is 263 g/mol. The van der Waals surface area contributed by atoms with E-state index in [9.17, 15) is 4.79 Å². The average Bonchev–Trinajstić information content (AvgIpc) is 2.47. The number of ether oxygens (including phenoxy) is 1. The van der Waals surface area contributed by atoms with Gasteiger partial charge in [-0.3, -0.25) is 9.69 Å². The van der Waals surface area contributed by atoms with Gasteiger partial charge in [-0.25, -0.2) is 0 Å². The number of carbonyl (C=O) groups excluding carboxylic acids is 1. The molecule has 2 rings (SSSR count). The van der Waals surface area contributed by atoms with Crippen LogP contribution in [0.2, 0.25) is 0 Å². The van der Waals surface area contributed by atoms with Crippen molar-refractivity contribution in [2.45, 2.75) is 6.54 Å². The molecule has 0 aromatic heterocycles. The van der Waals surface area contributed by atoms with Crippen molar-refractivity contribution in [2.24, 2.45) is 5.73 Å². The molecule has 1 aliphatic heterocycles. The minimum Gasteiger partial charge on any atom is -0.497 e. The molecule has 1 aliphatic rings. The summed E-state index contributed by atoms with van der Waals surface area (Å²) in [6, 6.07) is 8.10. The van der Waals surface area contributed by atoms with Crippen LogP contribution in [0, 0.1) is 0 Å². The SMILES string of the molecule is COc1cccc(CN2CCN(C(=O)CN)CC2)c1. The maximum Gasteiger partial charge on any atom is 0.236 e. The van der Waals surface area contributed by atoms with Crippen LogP contribution in [0.1, 0.15) is 5.56 Å². The summed E-state index contributed by atoms with van der Waals surface area (Å²) >= 11 is 0. The number of rotatable bonds is 4. The molecule has 0 unspecified atom stereocenters. The van der Waals surface area contributed by atoms with Gasteiger partial charge >= 0.3 is 0 Å². The van der Waals surface area contributed by atoms with Gasteiger partial charge in [-0.1, -0.05) is 12.1 Å². The molecule has 1 aromatic rings. The Morgan fingerprint density at radius 1 is 1.32 bits per heavy atom. The van der Waals surface area contributed by atoms with Gasteiger partial charge in [-0.15, -0.1) is 0 Å². The van der Waals surface area contributed by atoms with Crippen LogP contribution in [0.3, 0.4) is 0 Å². The van der Waals surface area contributed by atoms with Crippen LogP contribution in [-0.4, -0.2) is 55.5 Å². The van der Waals surface area contributed by atoms with Crippen molar-refractivity contribution in [3.8, 4) is 5.75 Å². The number of benzene rings is 1. The van der Waals surface area contributed by atoms with E-state index in [0.29, 0.717) is 0 Å². The van der Waals surface area contributed by atoms with Crippen molar-refractivity contribution in [2.75, 3.05) is 39.8 Å². The number of methoxy groups -OCH3 is 1. The highest BCUT2D eigenvalue weighted by atomic mass is 16.5. The van der Waals surface area contributed by atoms with Crippen LogP contribution in [0.25, 0.3) is 0 Å². The molecule has 1 saturated heterocycles. The van der Waals surface area contributed by atoms with E-state index in [1.165, 1.54) is 5.56 Å². The van der Waals surface area contributed by atoms with Crippen molar-refractivity contribution < 1.29 is 9.53 Å². The van der Waals surface area contributed by atoms with E-state index in [0.717, 1.165) is 38.5 Å². The first kappa shape index (κ1) is 13.8. The first-order chi connectivity index (χ1) is 9.22. The zero-order chi connectivity index (χ0) is 13.7. The highest BCUT2D eigenvalue weighted by Crippen LogP contribution is 2.15. The third-order valence-corrected chi connectivity index (χ3v) is 3.44. The highest BCUT2D eigenvalue weighted by molar-refractivity contribution is 5.78. The van der Waals surface area contributed by atoms with Crippen molar-refractivity contribution in [3.63, 3.8) is 0 Å². The lowest BCUT2D eigenvalue weighted by atomic mass is 10.2. The van der Waals surface area contributed by atoms with Crippen molar-refractivity contribution in [1.29, 1.82) is 0 Å². The molecule has 0 radical (unpaired) electrons. The number of carbonyl (C=O) groups is 1. The molecular formula is C14H21N3O2. The molecule has 1 amide bonds. The third-order valence-electron chi connectivity index (χ3n) is 3.44. The zero-order valence-electron chi connectivity index (χ0n) is 11.3.